The van der Waals surface area contributed by atoms with Crippen molar-refractivity contribution in [3.05, 3.63) is 34.1 Å². The Morgan fingerprint density at radius 3 is 3.06 bits per heavy atom. The van der Waals surface area contributed by atoms with Gasteiger partial charge in [-0.15, -0.1) is 0 Å². The maximum absolute atomic E-state index is 13.0. The fourth-order valence-corrected chi connectivity index (χ4v) is 2.56. The number of halogens is 2. The zero-order chi connectivity index (χ0) is 13.1. The Bertz CT molecular complexity index is 414. The largest absolute Gasteiger partial charge is 0.374 e. The molecule has 1 aliphatic rings. The number of hydrogen-bond donors (Lipinski definition) is 1. The molecule has 0 amide bonds. The number of nitrogens with zero attached hydrogens (tertiary/aromatic N) is 1. The molecule has 1 fully saturated rings. The Hall–Kier alpha value is -0.490. The maximum Gasteiger partial charge on any atom is 0.124 e. The van der Waals surface area contributed by atoms with E-state index in [4.69, 9.17) is 10.5 Å². The van der Waals surface area contributed by atoms with Gasteiger partial charge in [-0.1, -0.05) is 22.0 Å². The Morgan fingerprint density at radius 2 is 2.39 bits per heavy atom. The second-order valence-corrected chi connectivity index (χ2v) is 5.59. The number of rotatable bonds is 3. The molecule has 1 aromatic carbocycles. The highest BCUT2D eigenvalue weighted by molar-refractivity contribution is 9.10. The smallest absolute Gasteiger partial charge is 0.124 e. The molecule has 0 saturated carbocycles. The second-order valence-electron chi connectivity index (χ2n) is 4.74. The summed E-state index contributed by atoms with van der Waals surface area (Å²) in [6.07, 6.45) is 0.0815. The average Bonchev–Trinajstić information content (AvgIpc) is 2.33. The third kappa shape index (κ3) is 3.51. The van der Waals surface area contributed by atoms with Gasteiger partial charge in [0.05, 0.1) is 12.7 Å². The summed E-state index contributed by atoms with van der Waals surface area (Å²) in [6, 6.07) is 4.84. The van der Waals surface area contributed by atoms with Crippen molar-refractivity contribution in [1.29, 1.82) is 0 Å². The first-order chi connectivity index (χ1) is 8.56. The first-order valence-electron chi connectivity index (χ1n) is 6.09. The molecule has 3 nitrogen and oxygen atoms in total. The molecule has 2 rings (SSSR count). The van der Waals surface area contributed by atoms with E-state index in [1.54, 1.807) is 0 Å². The van der Waals surface area contributed by atoms with Crippen LogP contribution in [0.15, 0.2) is 22.7 Å². The summed E-state index contributed by atoms with van der Waals surface area (Å²) in [4.78, 5) is 2.29. The molecule has 1 aromatic rings. The van der Waals surface area contributed by atoms with Crippen LogP contribution in [0.3, 0.4) is 0 Å². The van der Waals surface area contributed by atoms with Crippen LogP contribution in [0.25, 0.3) is 0 Å². The molecule has 1 aliphatic heterocycles. The molecule has 2 unspecified atom stereocenters. The Kier molecular flexibility index (Phi) is 4.72. The molecule has 0 spiro atoms. The number of nitrogens with two attached hydrogens (primary N) is 1. The van der Waals surface area contributed by atoms with Crippen LogP contribution < -0.4 is 5.73 Å². The van der Waals surface area contributed by atoms with Gasteiger partial charge >= 0.3 is 0 Å². The van der Waals surface area contributed by atoms with E-state index >= 15 is 0 Å². The Balaban J connectivity index is 2.00. The number of morpholine rings is 1. The van der Waals surface area contributed by atoms with Crippen molar-refractivity contribution in [3.63, 3.8) is 0 Å². The minimum absolute atomic E-state index is 0.0319. The van der Waals surface area contributed by atoms with Gasteiger partial charge in [0.25, 0.3) is 0 Å². The lowest BCUT2D eigenvalue weighted by molar-refractivity contribution is -0.0404. The zero-order valence-corrected chi connectivity index (χ0v) is 12.0. The lowest BCUT2D eigenvalue weighted by Crippen LogP contribution is -2.49. The molecule has 1 saturated heterocycles. The first-order valence-corrected chi connectivity index (χ1v) is 6.89. The van der Waals surface area contributed by atoms with Crippen molar-refractivity contribution in [1.82, 2.24) is 4.90 Å². The zero-order valence-electron chi connectivity index (χ0n) is 10.4. The monoisotopic (exact) mass is 316 g/mol. The standard InChI is InChI=1S/C13H18BrFN2O/c1-9(16)13-8-17(4-5-18-13)7-10-2-3-11(15)6-12(10)14/h2-3,6,9,13H,4-5,7-8,16H2,1H3. The van der Waals surface area contributed by atoms with Gasteiger partial charge in [-0.2, -0.15) is 0 Å². The molecule has 0 radical (unpaired) electrons. The molecular formula is C13H18BrFN2O. The van der Waals surface area contributed by atoms with Gasteiger partial charge in [-0.3, -0.25) is 4.90 Å². The molecule has 1 heterocycles. The van der Waals surface area contributed by atoms with E-state index in [-0.39, 0.29) is 18.0 Å². The molecule has 0 aliphatic carbocycles. The third-order valence-electron chi connectivity index (χ3n) is 3.17. The first kappa shape index (κ1) is 13.9. The van der Waals surface area contributed by atoms with Crippen molar-refractivity contribution in [3.8, 4) is 0 Å². The second kappa shape index (κ2) is 6.10. The summed E-state index contributed by atoms with van der Waals surface area (Å²) >= 11 is 3.40. The van der Waals surface area contributed by atoms with Crippen LogP contribution in [0.4, 0.5) is 4.39 Å². The predicted octanol–water partition coefficient (Wildman–Crippen LogP) is 2.14. The molecule has 2 atom stereocenters. The lowest BCUT2D eigenvalue weighted by Gasteiger charge is -2.34. The fourth-order valence-electron chi connectivity index (χ4n) is 2.08. The SMILES string of the molecule is CC(N)C1CN(Cc2ccc(F)cc2Br)CCO1. The van der Waals surface area contributed by atoms with E-state index in [0.29, 0.717) is 6.61 Å². The summed E-state index contributed by atoms with van der Waals surface area (Å²) < 4.78 is 19.4. The fraction of sp³-hybridized carbons (Fsp3) is 0.538. The van der Waals surface area contributed by atoms with Gasteiger partial charge in [0.2, 0.25) is 0 Å². The maximum atomic E-state index is 13.0. The Morgan fingerprint density at radius 1 is 1.61 bits per heavy atom. The minimum atomic E-state index is -0.221. The summed E-state index contributed by atoms with van der Waals surface area (Å²) in [5.74, 6) is -0.221. The van der Waals surface area contributed by atoms with Crippen LogP contribution in [-0.2, 0) is 11.3 Å². The Labute approximate surface area is 115 Å². The van der Waals surface area contributed by atoms with E-state index in [2.05, 4.69) is 20.8 Å². The molecular weight excluding hydrogens is 299 g/mol. The van der Waals surface area contributed by atoms with Crippen molar-refractivity contribution >= 4 is 15.9 Å². The molecule has 0 aromatic heterocycles. The van der Waals surface area contributed by atoms with Crippen molar-refractivity contribution in [2.45, 2.75) is 25.6 Å². The van der Waals surface area contributed by atoms with E-state index in [0.717, 1.165) is 29.7 Å². The van der Waals surface area contributed by atoms with Crippen LogP contribution in [0.2, 0.25) is 0 Å². The molecule has 18 heavy (non-hydrogen) atoms. The highest BCUT2D eigenvalue weighted by atomic mass is 79.9. The molecule has 2 N–H and O–H groups in total. The van der Waals surface area contributed by atoms with Gasteiger partial charge in [-0.05, 0) is 24.6 Å². The van der Waals surface area contributed by atoms with E-state index in [1.165, 1.54) is 12.1 Å². The average molecular weight is 317 g/mol. The number of ether oxygens (including phenoxy) is 1. The number of benzene rings is 1. The van der Waals surface area contributed by atoms with Crippen molar-refractivity contribution in [2.75, 3.05) is 19.7 Å². The molecule has 0 bridgehead atoms. The topological polar surface area (TPSA) is 38.5 Å². The minimum Gasteiger partial charge on any atom is -0.374 e. The normalized spacial score (nSPS) is 23.0. The highest BCUT2D eigenvalue weighted by Gasteiger charge is 2.23. The summed E-state index contributed by atoms with van der Waals surface area (Å²) in [7, 11) is 0. The summed E-state index contributed by atoms with van der Waals surface area (Å²) in [6.45, 7) is 5.15. The van der Waals surface area contributed by atoms with Crippen LogP contribution in [0.1, 0.15) is 12.5 Å². The van der Waals surface area contributed by atoms with E-state index in [1.807, 2.05) is 13.0 Å². The van der Waals surface area contributed by atoms with E-state index < -0.39 is 0 Å². The van der Waals surface area contributed by atoms with E-state index in [9.17, 15) is 4.39 Å². The van der Waals surface area contributed by atoms with Crippen LogP contribution in [0, 0.1) is 5.82 Å². The van der Waals surface area contributed by atoms with Crippen molar-refractivity contribution < 1.29 is 9.13 Å². The number of hydrogen-bond acceptors (Lipinski definition) is 3. The molecule has 5 heteroatoms. The van der Waals surface area contributed by atoms with Gasteiger partial charge in [0.15, 0.2) is 0 Å². The van der Waals surface area contributed by atoms with Crippen LogP contribution in [0.5, 0.6) is 0 Å². The third-order valence-corrected chi connectivity index (χ3v) is 3.91. The van der Waals surface area contributed by atoms with Crippen LogP contribution >= 0.6 is 15.9 Å². The van der Waals surface area contributed by atoms with Gasteiger partial charge in [0, 0.05) is 30.1 Å². The predicted molar refractivity (Wildman–Crippen MR) is 72.8 cm³/mol. The quantitative estimate of drug-likeness (QED) is 0.928. The highest BCUT2D eigenvalue weighted by Crippen LogP contribution is 2.21. The van der Waals surface area contributed by atoms with Gasteiger partial charge < -0.3 is 10.5 Å². The van der Waals surface area contributed by atoms with Gasteiger partial charge in [0.1, 0.15) is 5.82 Å². The summed E-state index contributed by atoms with van der Waals surface area (Å²) in [5.41, 5.74) is 6.95. The molecule has 100 valence electrons. The van der Waals surface area contributed by atoms with Crippen LogP contribution in [-0.4, -0.2) is 36.7 Å². The van der Waals surface area contributed by atoms with Gasteiger partial charge in [-0.25, -0.2) is 4.39 Å². The lowest BCUT2D eigenvalue weighted by atomic mass is 10.1. The van der Waals surface area contributed by atoms with Crippen molar-refractivity contribution in [2.24, 2.45) is 5.73 Å². The summed E-state index contributed by atoms with van der Waals surface area (Å²) in [5, 5.41) is 0.